The highest BCUT2D eigenvalue weighted by Crippen LogP contribution is 2.30. The summed E-state index contributed by atoms with van der Waals surface area (Å²) in [7, 11) is -7.56. The Balaban J connectivity index is 1.97. The Morgan fingerprint density at radius 1 is 0.760 bits per heavy atom. The average molecular weight is 415 g/mol. The number of thiophene rings is 2. The lowest BCUT2D eigenvalue weighted by Crippen LogP contribution is -2.16. The molecule has 25 heavy (non-hydrogen) atoms. The van der Waals surface area contributed by atoms with Gasteiger partial charge < -0.3 is 0 Å². The van der Waals surface area contributed by atoms with Crippen molar-refractivity contribution in [3.05, 3.63) is 58.8 Å². The molecule has 2 N–H and O–H groups in total. The van der Waals surface area contributed by atoms with Gasteiger partial charge in [-0.3, -0.25) is 9.44 Å². The van der Waals surface area contributed by atoms with Crippen LogP contribution in [-0.2, 0) is 20.0 Å². The van der Waals surface area contributed by atoms with Crippen molar-refractivity contribution in [3.63, 3.8) is 0 Å². The lowest BCUT2D eigenvalue weighted by atomic mass is 10.2. The first-order valence-electron chi connectivity index (χ1n) is 7.01. The molecule has 0 aliphatic rings. The van der Waals surface area contributed by atoms with Gasteiger partial charge in [-0.15, -0.1) is 22.7 Å². The quantitative estimate of drug-likeness (QED) is 0.643. The zero-order valence-corrected chi connectivity index (χ0v) is 16.2. The molecule has 0 atom stereocenters. The highest BCUT2D eigenvalue weighted by Gasteiger charge is 2.21. The van der Waals surface area contributed by atoms with Gasteiger partial charge in [0.15, 0.2) is 0 Å². The van der Waals surface area contributed by atoms with Gasteiger partial charge in [0.2, 0.25) is 0 Å². The van der Waals surface area contributed by atoms with Gasteiger partial charge in [-0.1, -0.05) is 18.2 Å². The molecule has 2 heterocycles. The molecule has 10 heteroatoms. The van der Waals surface area contributed by atoms with Crippen LogP contribution in [0.1, 0.15) is 5.56 Å². The molecule has 0 radical (unpaired) electrons. The number of hydrogen-bond acceptors (Lipinski definition) is 6. The minimum absolute atomic E-state index is 0.153. The van der Waals surface area contributed by atoms with E-state index >= 15 is 0 Å². The molecule has 1 aromatic carbocycles. The van der Waals surface area contributed by atoms with Crippen molar-refractivity contribution < 1.29 is 16.8 Å². The van der Waals surface area contributed by atoms with Crippen LogP contribution in [0.15, 0.2) is 61.6 Å². The van der Waals surface area contributed by atoms with Crippen LogP contribution in [0, 0.1) is 6.92 Å². The smallest absolute Gasteiger partial charge is 0.271 e. The van der Waals surface area contributed by atoms with Crippen LogP contribution in [0.5, 0.6) is 0 Å². The second kappa shape index (κ2) is 6.79. The van der Waals surface area contributed by atoms with Crippen molar-refractivity contribution in [2.24, 2.45) is 0 Å². The van der Waals surface area contributed by atoms with E-state index in [2.05, 4.69) is 9.44 Å². The molecule has 3 aromatic rings. The van der Waals surface area contributed by atoms with E-state index in [1.54, 1.807) is 41.9 Å². The molecule has 0 amide bonds. The maximum atomic E-state index is 12.4. The molecule has 0 bridgehead atoms. The van der Waals surface area contributed by atoms with E-state index in [9.17, 15) is 16.8 Å². The first kappa shape index (κ1) is 17.9. The summed E-state index contributed by atoms with van der Waals surface area (Å²) in [5, 5.41) is 3.31. The minimum atomic E-state index is -3.78. The summed E-state index contributed by atoms with van der Waals surface area (Å²) in [6, 6.07) is 11.1. The molecular weight excluding hydrogens is 400 g/mol. The van der Waals surface area contributed by atoms with E-state index in [1.165, 1.54) is 18.2 Å². The van der Waals surface area contributed by atoms with E-state index in [0.29, 0.717) is 0 Å². The highest BCUT2D eigenvalue weighted by atomic mass is 32.3. The van der Waals surface area contributed by atoms with Crippen molar-refractivity contribution in [1.82, 2.24) is 0 Å². The van der Waals surface area contributed by atoms with Crippen LogP contribution < -0.4 is 9.44 Å². The van der Waals surface area contributed by atoms with Gasteiger partial charge in [-0.2, -0.15) is 0 Å². The van der Waals surface area contributed by atoms with E-state index in [-0.39, 0.29) is 19.8 Å². The van der Waals surface area contributed by atoms with Gasteiger partial charge in [0.25, 0.3) is 20.0 Å². The maximum absolute atomic E-state index is 12.4. The molecule has 0 aliphatic carbocycles. The summed E-state index contributed by atoms with van der Waals surface area (Å²) in [6.07, 6.45) is 0. The van der Waals surface area contributed by atoms with E-state index < -0.39 is 20.0 Å². The number of benzene rings is 1. The van der Waals surface area contributed by atoms with Crippen molar-refractivity contribution in [2.75, 3.05) is 9.44 Å². The van der Waals surface area contributed by atoms with Crippen LogP contribution >= 0.6 is 22.7 Å². The fraction of sp³-hybridized carbons (Fsp3) is 0.0667. The largest absolute Gasteiger partial charge is 0.277 e. The molecule has 3 rings (SSSR count). The predicted octanol–water partition coefficient (Wildman–Crippen LogP) is 3.72. The van der Waals surface area contributed by atoms with Crippen molar-refractivity contribution in [3.8, 4) is 0 Å². The normalized spacial score (nSPS) is 12.0. The number of aryl methyl sites for hydroxylation is 1. The van der Waals surface area contributed by atoms with Crippen molar-refractivity contribution >= 4 is 54.1 Å². The second-order valence-electron chi connectivity index (χ2n) is 5.12. The molecule has 0 spiro atoms. The summed E-state index contributed by atoms with van der Waals surface area (Å²) in [5.41, 5.74) is 1.13. The number of anilines is 2. The Kier molecular flexibility index (Phi) is 4.87. The minimum Gasteiger partial charge on any atom is -0.277 e. The molecule has 0 saturated carbocycles. The monoisotopic (exact) mass is 414 g/mol. The first-order chi connectivity index (χ1) is 11.8. The summed E-state index contributed by atoms with van der Waals surface area (Å²) in [5.74, 6) is 0. The Labute approximate surface area is 154 Å². The Bertz CT molecular complexity index is 1070. The van der Waals surface area contributed by atoms with Gasteiger partial charge in [-0.25, -0.2) is 16.8 Å². The standard InChI is InChI=1S/C15H14N2O4S4/c1-11-6-7-12(16-24(18,19)14-4-2-8-22-14)13(10-11)17-25(20,21)15-5-3-9-23-15/h2-10,16-17H,1H3. The van der Waals surface area contributed by atoms with Crippen molar-refractivity contribution in [2.45, 2.75) is 15.3 Å². The fourth-order valence-electron chi connectivity index (χ4n) is 2.05. The molecule has 0 saturated heterocycles. The Morgan fingerprint density at radius 2 is 1.28 bits per heavy atom. The summed E-state index contributed by atoms with van der Waals surface area (Å²) in [6.45, 7) is 1.79. The number of nitrogens with one attached hydrogen (secondary N) is 2. The zero-order chi connectivity index (χ0) is 18.1. The molecule has 0 unspecified atom stereocenters. The molecule has 132 valence electrons. The van der Waals surface area contributed by atoms with Gasteiger partial charge in [-0.05, 0) is 47.5 Å². The van der Waals surface area contributed by atoms with Crippen LogP contribution in [0.4, 0.5) is 11.4 Å². The molecule has 6 nitrogen and oxygen atoms in total. The lowest BCUT2D eigenvalue weighted by Gasteiger charge is -2.14. The van der Waals surface area contributed by atoms with Crippen LogP contribution in [0.3, 0.4) is 0 Å². The third-order valence-electron chi connectivity index (χ3n) is 3.18. The molecular formula is C15H14N2O4S4. The Morgan fingerprint density at radius 3 is 1.76 bits per heavy atom. The highest BCUT2D eigenvalue weighted by molar-refractivity contribution is 7.95. The molecule has 0 fully saturated rings. The maximum Gasteiger partial charge on any atom is 0.271 e. The zero-order valence-electron chi connectivity index (χ0n) is 13.0. The van der Waals surface area contributed by atoms with Crippen LogP contribution in [0.2, 0.25) is 0 Å². The average Bonchev–Trinajstić information content (AvgIpc) is 3.23. The van der Waals surface area contributed by atoms with Crippen LogP contribution in [0.25, 0.3) is 0 Å². The summed E-state index contributed by atoms with van der Waals surface area (Å²) < 4.78 is 54.9. The van der Waals surface area contributed by atoms with Gasteiger partial charge in [0.05, 0.1) is 11.4 Å². The van der Waals surface area contributed by atoms with E-state index in [4.69, 9.17) is 0 Å². The number of sulfonamides is 2. The third kappa shape index (κ3) is 4.03. The lowest BCUT2D eigenvalue weighted by molar-refractivity contribution is 0.601. The van der Waals surface area contributed by atoms with Gasteiger partial charge in [0, 0.05) is 0 Å². The Hall–Kier alpha value is -1.88. The van der Waals surface area contributed by atoms with Gasteiger partial charge in [0.1, 0.15) is 8.42 Å². The molecule has 0 aliphatic heterocycles. The topological polar surface area (TPSA) is 92.3 Å². The van der Waals surface area contributed by atoms with Gasteiger partial charge >= 0.3 is 0 Å². The van der Waals surface area contributed by atoms with Crippen molar-refractivity contribution in [1.29, 1.82) is 0 Å². The predicted molar refractivity (Wildman–Crippen MR) is 101 cm³/mol. The third-order valence-corrected chi connectivity index (χ3v) is 8.71. The number of rotatable bonds is 6. The fourth-order valence-corrected chi connectivity index (χ4v) is 6.19. The first-order valence-corrected chi connectivity index (χ1v) is 11.7. The summed E-state index contributed by atoms with van der Waals surface area (Å²) in [4.78, 5) is 0. The van der Waals surface area contributed by atoms with E-state index in [1.807, 2.05) is 0 Å². The van der Waals surface area contributed by atoms with E-state index in [0.717, 1.165) is 28.2 Å². The summed E-state index contributed by atoms with van der Waals surface area (Å²) >= 11 is 2.16. The van der Waals surface area contributed by atoms with Crippen LogP contribution in [-0.4, -0.2) is 16.8 Å². The molecule has 2 aromatic heterocycles. The second-order valence-corrected chi connectivity index (χ2v) is 10.8. The number of hydrogen-bond donors (Lipinski definition) is 2. The SMILES string of the molecule is Cc1ccc(NS(=O)(=O)c2cccs2)c(NS(=O)(=O)c2cccs2)c1.